The summed E-state index contributed by atoms with van der Waals surface area (Å²) in [6.45, 7) is 3.15. The largest absolute Gasteiger partial charge is 0.416 e. The highest BCUT2D eigenvalue weighted by Crippen LogP contribution is 2.34. The van der Waals surface area contributed by atoms with E-state index in [1.807, 2.05) is 26.0 Å². The fraction of sp³-hybridized carbons (Fsp3) is 0.300. The van der Waals surface area contributed by atoms with Gasteiger partial charge in [-0.25, -0.2) is 8.91 Å². The van der Waals surface area contributed by atoms with Crippen LogP contribution in [0.2, 0.25) is 0 Å². The van der Waals surface area contributed by atoms with E-state index in [1.165, 1.54) is 59.6 Å². The Labute approximate surface area is 241 Å². The standard InChI is InChI=1S/C28H24F4N6O.C2H7N/c1-36-8-10-37(11-9-36)18-21-4-5-24(14-25(21)28(30,31)32)35-27(39)22-12-19(15-33-16-22)2-3-20-17-34-38-7-6-23(29)13-26(20)38;1-3-2/h4-7,12-17H,8-11,18H2,1H3,(H,35,39);3H,1-2H3. The zero-order valence-electron chi connectivity index (χ0n) is 23.5. The van der Waals surface area contributed by atoms with Crippen LogP contribution in [0.1, 0.15) is 32.6 Å². The van der Waals surface area contributed by atoms with E-state index in [-0.39, 0.29) is 23.4 Å². The Hall–Kier alpha value is -4.31. The molecule has 0 radical (unpaired) electrons. The van der Waals surface area contributed by atoms with Gasteiger partial charge >= 0.3 is 6.18 Å². The molecule has 0 saturated carbocycles. The van der Waals surface area contributed by atoms with Gasteiger partial charge in [-0.2, -0.15) is 18.3 Å². The Kier molecular flexibility index (Phi) is 9.90. The van der Waals surface area contributed by atoms with E-state index in [0.717, 1.165) is 19.2 Å². The first kappa shape index (κ1) is 30.6. The van der Waals surface area contributed by atoms with Crippen molar-refractivity contribution in [2.24, 2.45) is 0 Å². The number of fused-ring (bicyclic) bond motifs is 1. The topological polar surface area (TPSA) is 77.8 Å². The fourth-order valence-corrected chi connectivity index (χ4v) is 4.33. The maximum atomic E-state index is 13.9. The molecule has 1 fully saturated rings. The second-order valence-corrected chi connectivity index (χ2v) is 9.85. The zero-order valence-corrected chi connectivity index (χ0v) is 23.5. The van der Waals surface area contributed by atoms with Crippen LogP contribution in [0, 0.1) is 17.7 Å². The summed E-state index contributed by atoms with van der Waals surface area (Å²) in [6, 6.07) is 7.92. The number of anilines is 1. The van der Waals surface area contributed by atoms with Crippen LogP contribution in [0.25, 0.3) is 5.52 Å². The maximum Gasteiger partial charge on any atom is 0.416 e. The molecule has 0 bridgehead atoms. The second kappa shape index (κ2) is 13.6. The van der Waals surface area contributed by atoms with Crippen LogP contribution in [0.15, 0.2) is 61.2 Å². The number of alkyl halides is 3. The lowest BCUT2D eigenvalue weighted by atomic mass is 10.0. The molecule has 1 amide bonds. The van der Waals surface area contributed by atoms with E-state index >= 15 is 0 Å². The molecule has 220 valence electrons. The molecule has 8 nitrogen and oxygen atoms in total. The number of likely N-dealkylation sites (N-methyl/N-ethyl adjacent to an activating group) is 1. The highest BCUT2D eigenvalue weighted by atomic mass is 19.4. The quantitative estimate of drug-likeness (QED) is 0.279. The van der Waals surface area contributed by atoms with Crippen LogP contribution >= 0.6 is 0 Å². The Morgan fingerprint density at radius 1 is 1.00 bits per heavy atom. The number of carbonyl (C=O) groups excluding carboxylic acids is 1. The van der Waals surface area contributed by atoms with E-state index in [4.69, 9.17) is 0 Å². The van der Waals surface area contributed by atoms with Crippen molar-refractivity contribution in [1.82, 2.24) is 29.7 Å². The lowest BCUT2D eigenvalue weighted by Gasteiger charge is -2.33. The molecule has 0 spiro atoms. The number of nitrogens with zero attached hydrogens (tertiary/aromatic N) is 5. The molecule has 42 heavy (non-hydrogen) atoms. The smallest absolute Gasteiger partial charge is 0.323 e. The van der Waals surface area contributed by atoms with Gasteiger partial charge in [-0.1, -0.05) is 17.9 Å². The number of hydrogen-bond acceptors (Lipinski definition) is 6. The highest BCUT2D eigenvalue weighted by Gasteiger charge is 2.34. The van der Waals surface area contributed by atoms with Gasteiger partial charge in [-0.15, -0.1) is 0 Å². The van der Waals surface area contributed by atoms with E-state index in [0.29, 0.717) is 29.7 Å². The molecular formula is C30H31F4N7O. The molecule has 4 aromatic rings. The van der Waals surface area contributed by atoms with Crippen molar-refractivity contribution < 1.29 is 22.4 Å². The number of nitrogens with one attached hydrogen (secondary N) is 2. The van der Waals surface area contributed by atoms with E-state index in [9.17, 15) is 22.4 Å². The average Bonchev–Trinajstić information content (AvgIpc) is 3.36. The minimum absolute atomic E-state index is 0.0271. The van der Waals surface area contributed by atoms with E-state index in [1.54, 1.807) is 0 Å². The summed E-state index contributed by atoms with van der Waals surface area (Å²) < 4.78 is 56.7. The normalized spacial score (nSPS) is 14.1. The van der Waals surface area contributed by atoms with Crippen molar-refractivity contribution in [2.75, 3.05) is 52.6 Å². The predicted molar refractivity (Wildman–Crippen MR) is 153 cm³/mol. The molecule has 12 heteroatoms. The number of amides is 1. The number of halogens is 4. The lowest BCUT2D eigenvalue weighted by molar-refractivity contribution is -0.138. The zero-order chi connectivity index (χ0) is 30.3. The average molecular weight is 582 g/mol. The van der Waals surface area contributed by atoms with Gasteiger partial charge in [0.1, 0.15) is 5.82 Å². The second-order valence-electron chi connectivity index (χ2n) is 9.85. The number of pyridine rings is 2. The van der Waals surface area contributed by atoms with Crippen LogP contribution in [0.4, 0.5) is 23.2 Å². The molecule has 2 N–H and O–H groups in total. The Morgan fingerprint density at radius 2 is 1.74 bits per heavy atom. The first-order valence-electron chi connectivity index (χ1n) is 13.2. The van der Waals surface area contributed by atoms with E-state index < -0.39 is 23.5 Å². The monoisotopic (exact) mass is 581 g/mol. The minimum Gasteiger partial charge on any atom is -0.323 e. The van der Waals surface area contributed by atoms with Crippen LogP contribution in [0.5, 0.6) is 0 Å². The summed E-state index contributed by atoms with van der Waals surface area (Å²) in [7, 11) is 5.73. The third-order valence-corrected chi connectivity index (χ3v) is 6.49. The molecular weight excluding hydrogens is 550 g/mol. The molecule has 4 heterocycles. The summed E-state index contributed by atoms with van der Waals surface area (Å²) in [4.78, 5) is 21.0. The number of piperazine rings is 1. The molecule has 0 aliphatic carbocycles. The molecule has 0 atom stereocenters. The van der Waals surface area contributed by atoms with Crippen molar-refractivity contribution in [3.63, 3.8) is 0 Å². The molecule has 1 aliphatic heterocycles. The molecule has 1 saturated heterocycles. The molecule has 3 aromatic heterocycles. The van der Waals surface area contributed by atoms with Crippen LogP contribution in [-0.2, 0) is 12.7 Å². The van der Waals surface area contributed by atoms with Gasteiger partial charge in [0.15, 0.2) is 0 Å². The third kappa shape index (κ3) is 7.91. The molecule has 0 unspecified atom stereocenters. The number of benzene rings is 1. The summed E-state index contributed by atoms with van der Waals surface area (Å²) in [6.07, 6.45) is 1.16. The maximum absolute atomic E-state index is 13.9. The molecule has 1 aromatic carbocycles. The highest BCUT2D eigenvalue weighted by molar-refractivity contribution is 6.04. The van der Waals surface area contributed by atoms with Crippen molar-refractivity contribution in [1.29, 1.82) is 0 Å². The summed E-state index contributed by atoms with van der Waals surface area (Å²) in [5, 5.41) is 9.40. The number of carbonyl (C=O) groups is 1. The van der Waals surface area contributed by atoms with Crippen molar-refractivity contribution >= 4 is 17.1 Å². The molecule has 5 rings (SSSR count). The fourth-order valence-electron chi connectivity index (χ4n) is 4.33. The van der Waals surface area contributed by atoms with Gasteiger partial charge in [0.25, 0.3) is 5.91 Å². The predicted octanol–water partition coefficient (Wildman–Crippen LogP) is 4.12. The van der Waals surface area contributed by atoms with E-state index in [2.05, 4.69) is 37.5 Å². The summed E-state index contributed by atoms with van der Waals surface area (Å²) in [5.41, 5.74) is 0.916. The van der Waals surface area contributed by atoms with Crippen molar-refractivity contribution in [2.45, 2.75) is 12.7 Å². The van der Waals surface area contributed by atoms with Gasteiger partial charge in [0.2, 0.25) is 0 Å². The Balaban J connectivity index is 0.00000129. The number of rotatable bonds is 4. The third-order valence-electron chi connectivity index (χ3n) is 6.49. The van der Waals surface area contributed by atoms with Crippen molar-refractivity contribution in [3.05, 3.63) is 94.8 Å². The Morgan fingerprint density at radius 3 is 2.45 bits per heavy atom. The van der Waals surface area contributed by atoms with Crippen LogP contribution in [-0.4, -0.2) is 77.6 Å². The SMILES string of the molecule is CN1CCN(Cc2ccc(NC(=O)c3cncc(C#Cc4cnn5ccc(F)cc45)c3)cc2C(F)(F)F)CC1.CNC. The molecule has 1 aliphatic rings. The first-order chi connectivity index (χ1) is 20.1. The van der Waals surface area contributed by atoms with Gasteiger partial charge in [-0.3, -0.25) is 14.7 Å². The Bertz CT molecular complexity index is 1600. The number of hydrogen-bond donors (Lipinski definition) is 2. The van der Waals surface area contributed by atoms with Gasteiger partial charge in [0.05, 0.1) is 28.4 Å². The lowest BCUT2D eigenvalue weighted by Crippen LogP contribution is -2.44. The summed E-state index contributed by atoms with van der Waals surface area (Å²) >= 11 is 0. The van der Waals surface area contributed by atoms with Crippen molar-refractivity contribution in [3.8, 4) is 11.8 Å². The van der Waals surface area contributed by atoms with Crippen LogP contribution in [0.3, 0.4) is 0 Å². The first-order valence-corrected chi connectivity index (χ1v) is 13.2. The van der Waals surface area contributed by atoms with Gasteiger partial charge in [0, 0.05) is 68.6 Å². The minimum atomic E-state index is -4.57. The van der Waals surface area contributed by atoms with Gasteiger partial charge in [-0.05, 0) is 51.0 Å². The van der Waals surface area contributed by atoms with Crippen LogP contribution < -0.4 is 10.6 Å². The number of aromatic nitrogens is 3. The van der Waals surface area contributed by atoms with Gasteiger partial charge < -0.3 is 15.5 Å². The summed E-state index contributed by atoms with van der Waals surface area (Å²) in [5.74, 6) is 4.72.